The highest BCUT2D eigenvalue weighted by Gasteiger charge is 2.18. The molecule has 0 bridgehead atoms. The summed E-state index contributed by atoms with van der Waals surface area (Å²) in [6.45, 7) is 2.50. The van der Waals surface area contributed by atoms with Crippen molar-refractivity contribution in [2.45, 2.75) is 6.92 Å². The van der Waals surface area contributed by atoms with Crippen LogP contribution in [-0.2, 0) is 4.79 Å². The summed E-state index contributed by atoms with van der Waals surface area (Å²) in [6.07, 6.45) is 0. The Morgan fingerprint density at radius 1 is 1.08 bits per heavy atom. The molecular formula is C18H18N2O4. The van der Waals surface area contributed by atoms with E-state index in [1.807, 2.05) is 37.3 Å². The highest BCUT2D eigenvalue weighted by molar-refractivity contribution is 6.00. The number of anilines is 1. The van der Waals surface area contributed by atoms with E-state index in [9.17, 15) is 9.59 Å². The van der Waals surface area contributed by atoms with Gasteiger partial charge in [-0.3, -0.25) is 9.59 Å². The van der Waals surface area contributed by atoms with Crippen LogP contribution < -0.4 is 19.7 Å². The Balaban J connectivity index is 1.62. The zero-order valence-electron chi connectivity index (χ0n) is 13.3. The first-order valence-electron chi connectivity index (χ1n) is 7.72. The second kappa shape index (κ2) is 7.04. The number of benzene rings is 2. The fourth-order valence-electron chi connectivity index (χ4n) is 2.50. The van der Waals surface area contributed by atoms with Gasteiger partial charge in [-0.2, -0.15) is 0 Å². The maximum atomic E-state index is 12.4. The van der Waals surface area contributed by atoms with Crippen LogP contribution in [0.2, 0.25) is 0 Å². The van der Waals surface area contributed by atoms with Gasteiger partial charge in [0, 0.05) is 17.8 Å². The van der Waals surface area contributed by atoms with Gasteiger partial charge in [-0.05, 0) is 37.3 Å². The Hall–Kier alpha value is -3.02. The van der Waals surface area contributed by atoms with E-state index in [1.165, 1.54) is 0 Å². The first kappa shape index (κ1) is 15.9. The highest BCUT2D eigenvalue weighted by atomic mass is 16.7. The van der Waals surface area contributed by atoms with Gasteiger partial charge in [0.2, 0.25) is 12.7 Å². The molecule has 0 saturated heterocycles. The highest BCUT2D eigenvalue weighted by Crippen LogP contribution is 2.32. The quantitative estimate of drug-likeness (QED) is 0.914. The Morgan fingerprint density at radius 3 is 2.58 bits per heavy atom. The van der Waals surface area contributed by atoms with Crippen molar-refractivity contribution < 1.29 is 19.1 Å². The molecule has 2 aromatic carbocycles. The SMILES string of the molecule is CCN(C(=O)CNC(=O)c1ccc2c(c1)OCO2)c1ccccc1. The standard InChI is InChI=1S/C18H18N2O4/c1-2-20(14-6-4-3-5-7-14)17(21)11-19-18(22)13-8-9-15-16(10-13)24-12-23-15/h3-10H,2,11-12H2,1H3,(H,19,22). The van der Waals surface area contributed by atoms with E-state index < -0.39 is 0 Å². The van der Waals surface area contributed by atoms with Gasteiger partial charge >= 0.3 is 0 Å². The Labute approximate surface area is 140 Å². The van der Waals surface area contributed by atoms with Crippen LogP contribution in [0.25, 0.3) is 0 Å². The van der Waals surface area contributed by atoms with Crippen molar-refractivity contribution in [3.8, 4) is 11.5 Å². The molecule has 3 rings (SSSR count). The average Bonchev–Trinajstić information content (AvgIpc) is 3.09. The van der Waals surface area contributed by atoms with Crippen LogP contribution in [-0.4, -0.2) is 31.7 Å². The van der Waals surface area contributed by atoms with Gasteiger partial charge < -0.3 is 19.7 Å². The lowest BCUT2D eigenvalue weighted by Crippen LogP contribution is -2.40. The summed E-state index contributed by atoms with van der Waals surface area (Å²) in [4.78, 5) is 26.2. The van der Waals surface area contributed by atoms with E-state index in [2.05, 4.69) is 5.32 Å². The lowest BCUT2D eigenvalue weighted by molar-refractivity contribution is -0.117. The van der Waals surface area contributed by atoms with Crippen molar-refractivity contribution in [2.75, 3.05) is 24.8 Å². The number of rotatable bonds is 5. The minimum atomic E-state index is -0.328. The fraction of sp³-hybridized carbons (Fsp3) is 0.222. The van der Waals surface area contributed by atoms with Crippen molar-refractivity contribution in [3.05, 3.63) is 54.1 Å². The molecular weight excluding hydrogens is 308 g/mol. The molecule has 0 aliphatic carbocycles. The third kappa shape index (κ3) is 3.32. The van der Waals surface area contributed by atoms with Gasteiger partial charge in [0.15, 0.2) is 11.5 Å². The molecule has 1 N–H and O–H groups in total. The molecule has 0 atom stereocenters. The number of hydrogen-bond donors (Lipinski definition) is 1. The van der Waals surface area contributed by atoms with Gasteiger partial charge in [-0.1, -0.05) is 18.2 Å². The van der Waals surface area contributed by atoms with Crippen LogP contribution in [0.5, 0.6) is 11.5 Å². The summed E-state index contributed by atoms with van der Waals surface area (Å²) in [5, 5.41) is 2.65. The van der Waals surface area contributed by atoms with Crippen molar-refractivity contribution in [3.63, 3.8) is 0 Å². The summed E-state index contributed by atoms with van der Waals surface area (Å²) < 4.78 is 10.5. The maximum absolute atomic E-state index is 12.4. The molecule has 0 fully saturated rings. The van der Waals surface area contributed by atoms with Crippen LogP contribution in [0.1, 0.15) is 17.3 Å². The summed E-state index contributed by atoms with van der Waals surface area (Å²) in [5.74, 6) is 0.654. The Bertz CT molecular complexity index is 746. The van der Waals surface area contributed by atoms with E-state index in [0.29, 0.717) is 23.6 Å². The molecule has 2 amide bonds. The number of hydrogen-bond acceptors (Lipinski definition) is 4. The minimum absolute atomic E-state index is 0.0734. The smallest absolute Gasteiger partial charge is 0.251 e. The van der Waals surface area contributed by atoms with Crippen LogP contribution in [0.4, 0.5) is 5.69 Å². The van der Waals surface area contributed by atoms with Crippen LogP contribution >= 0.6 is 0 Å². The minimum Gasteiger partial charge on any atom is -0.454 e. The fourth-order valence-corrected chi connectivity index (χ4v) is 2.50. The van der Waals surface area contributed by atoms with Gasteiger partial charge in [0.1, 0.15) is 0 Å². The molecule has 6 heteroatoms. The molecule has 0 unspecified atom stereocenters. The molecule has 6 nitrogen and oxygen atoms in total. The summed E-state index contributed by atoms with van der Waals surface area (Å²) >= 11 is 0. The zero-order valence-corrected chi connectivity index (χ0v) is 13.3. The van der Waals surface area contributed by atoms with Crippen molar-refractivity contribution in [2.24, 2.45) is 0 Å². The zero-order chi connectivity index (χ0) is 16.9. The topological polar surface area (TPSA) is 67.9 Å². The van der Waals surface area contributed by atoms with E-state index >= 15 is 0 Å². The maximum Gasteiger partial charge on any atom is 0.251 e. The monoisotopic (exact) mass is 326 g/mol. The van der Waals surface area contributed by atoms with E-state index in [-0.39, 0.29) is 25.2 Å². The number of carbonyl (C=O) groups is 2. The number of amides is 2. The second-order valence-electron chi connectivity index (χ2n) is 5.22. The predicted molar refractivity (Wildman–Crippen MR) is 89.4 cm³/mol. The molecule has 0 spiro atoms. The lowest BCUT2D eigenvalue weighted by Gasteiger charge is -2.21. The largest absolute Gasteiger partial charge is 0.454 e. The van der Waals surface area contributed by atoms with E-state index in [1.54, 1.807) is 23.1 Å². The van der Waals surface area contributed by atoms with Gasteiger partial charge in [-0.25, -0.2) is 0 Å². The van der Waals surface area contributed by atoms with Gasteiger partial charge in [-0.15, -0.1) is 0 Å². The summed E-state index contributed by atoms with van der Waals surface area (Å²) in [6, 6.07) is 14.3. The van der Waals surface area contributed by atoms with Crippen molar-refractivity contribution in [1.29, 1.82) is 0 Å². The number of nitrogens with one attached hydrogen (secondary N) is 1. The molecule has 2 aromatic rings. The predicted octanol–water partition coefficient (Wildman–Crippen LogP) is 2.20. The first-order valence-corrected chi connectivity index (χ1v) is 7.72. The molecule has 124 valence electrons. The third-order valence-electron chi connectivity index (χ3n) is 3.72. The van der Waals surface area contributed by atoms with E-state index in [4.69, 9.17) is 9.47 Å². The van der Waals surface area contributed by atoms with Gasteiger partial charge in [0.25, 0.3) is 5.91 Å². The van der Waals surface area contributed by atoms with Crippen molar-refractivity contribution >= 4 is 17.5 Å². The molecule has 0 aromatic heterocycles. The van der Waals surface area contributed by atoms with Crippen LogP contribution in [0.3, 0.4) is 0 Å². The first-order chi connectivity index (χ1) is 11.7. The molecule has 0 saturated carbocycles. The average molecular weight is 326 g/mol. The number of carbonyl (C=O) groups excluding carboxylic acids is 2. The van der Waals surface area contributed by atoms with E-state index in [0.717, 1.165) is 5.69 Å². The molecule has 1 aliphatic heterocycles. The lowest BCUT2D eigenvalue weighted by atomic mass is 10.2. The number of ether oxygens (including phenoxy) is 2. The Kier molecular flexibility index (Phi) is 4.65. The number of fused-ring (bicyclic) bond motifs is 1. The number of para-hydroxylation sites is 1. The second-order valence-corrected chi connectivity index (χ2v) is 5.22. The third-order valence-corrected chi connectivity index (χ3v) is 3.72. The van der Waals surface area contributed by atoms with Gasteiger partial charge in [0.05, 0.1) is 6.54 Å². The normalized spacial score (nSPS) is 11.9. The molecule has 1 heterocycles. The molecule has 1 aliphatic rings. The van der Waals surface area contributed by atoms with Crippen LogP contribution in [0, 0.1) is 0 Å². The number of nitrogens with zero attached hydrogens (tertiary/aromatic N) is 1. The summed E-state index contributed by atoms with van der Waals surface area (Å²) in [5.41, 5.74) is 1.23. The summed E-state index contributed by atoms with van der Waals surface area (Å²) in [7, 11) is 0. The molecule has 0 radical (unpaired) electrons. The Morgan fingerprint density at radius 2 is 1.83 bits per heavy atom. The van der Waals surface area contributed by atoms with Crippen LogP contribution in [0.15, 0.2) is 48.5 Å². The molecule has 24 heavy (non-hydrogen) atoms. The van der Waals surface area contributed by atoms with Crippen molar-refractivity contribution in [1.82, 2.24) is 5.32 Å². The number of likely N-dealkylation sites (N-methyl/N-ethyl adjacent to an activating group) is 1.